The third kappa shape index (κ3) is 5.82. The molecule has 35 heavy (non-hydrogen) atoms. The fourth-order valence-electron chi connectivity index (χ4n) is 4.05. The van der Waals surface area contributed by atoms with E-state index in [1.807, 2.05) is 55.5 Å². The van der Waals surface area contributed by atoms with Crippen LogP contribution >= 0.6 is 0 Å². The van der Waals surface area contributed by atoms with E-state index in [4.69, 9.17) is 18.9 Å². The number of para-hydroxylation sites is 1. The number of morpholine rings is 1. The molecule has 0 spiro atoms. The summed E-state index contributed by atoms with van der Waals surface area (Å²) in [6.45, 7) is 6.16. The largest absolute Gasteiger partial charge is 0.477 e. The van der Waals surface area contributed by atoms with Crippen LogP contribution in [0.2, 0.25) is 0 Å². The van der Waals surface area contributed by atoms with Gasteiger partial charge in [-0.1, -0.05) is 37.3 Å². The quantitative estimate of drug-likeness (QED) is 0.416. The number of benzene rings is 2. The summed E-state index contributed by atoms with van der Waals surface area (Å²) in [6.07, 6.45) is 0.483. The zero-order chi connectivity index (χ0) is 24.6. The van der Waals surface area contributed by atoms with Gasteiger partial charge in [-0.15, -0.1) is 0 Å². The first-order valence-electron chi connectivity index (χ1n) is 11.7. The number of aromatic nitrogens is 2. The number of hydrogen-bond donors (Lipinski definition) is 1. The van der Waals surface area contributed by atoms with Crippen LogP contribution in [0.25, 0.3) is 16.8 Å². The number of nitrogens with zero attached hydrogens (tertiary/aromatic N) is 3. The molecule has 1 aromatic heterocycles. The summed E-state index contributed by atoms with van der Waals surface area (Å²) >= 11 is 0. The number of carbonyl (C=O) groups is 1. The molecule has 9 nitrogen and oxygen atoms in total. The van der Waals surface area contributed by atoms with E-state index >= 15 is 0 Å². The zero-order valence-electron chi connectivity index (χ0n) is 20.1. The van der Waals surface area contributed by atoms with E-state index in [1.165, 1.54) is 0 Å². The minimum absolute atomic E-state index is 0.108. The maximum Gasteiger partial charge on any atom is 0.343 e. The number of aromatic carboxylic acids is 1. The second-order valence-corrected chi connectivity index (χ2v) is 8.09. The highest BCUT2D eigenvalue weighted by atomic mass is 16.7. The first-order chi connectivity index (χ1) is 17.1. The standard InChI is InChI=1S/C26H31N3O6/c1-3-22-24(26(30)31)25(34-17-14-28-12-15-33-16-13-28)29(27-22)20-10-8-19(9-11-20)21-6-4-5-7-23(21)35-18-32-2/h4-11H,3,12-18H2,1-2H3,(H,30,31). The Morgan fingerprint density at radius 3 is 2.51 bits per heavy atom. The monoisotopic (exact) mass is 481 g/mol. The molecule has 1 fully saturated rings. The molecular formula is C26H31N3O6. The lowest BCUT2D eigenvalue weighted by molar-refractivity contribution is 0.0317. The van der Waals surface area contributed by atoms with Gasteiger partial charge in [0.15, 0.2) is 6.79 Å². The second-order valence-electron chi connectivity index (χ2n) is 8.09. The van der Waals surface area contributed by atoms with Gasteiger partial charge < -0.3 is 24.1 Å². The predicted octanol–water partition coefficient (Wildman–Crippen LogP) is 3.49. The number of carboxylic acids is 1. The molecule has 0 amide bonds. The average Bonchev–Trinajstić information content (AvgIpc) is 3.27. The summed E-state index contributed by atoms with van der Waals surface area (Å²) in [5, 5.41) is 14.5. The highest BCUT2D eigenvalue weighted by molar-refractivity contribution is 5.92. The fraction of sp³-hybridized carbons (Fsp3) is 0.385. The Hall–Kier alpha value is -3.40. The van der Waals surface area contributed by atoms with Gasteiger partial charge in [0.1, 0.15) is 17.9 Å². The molecule has 1 N–H and O–H groups in total. The Balaban J connectivity index is 1.60. The molecular weight excluding hydrogens is 450 g/mol. The number of rotatable bonds is 11. The van der Waals surface area contributed by atoms with Crippen molar-refractivity contribution in [1.82, 2.24) is 14.7 Å². The lowest BCUT2D eigenvalue weighted by Gasteiger charge is -2.26. The van der Waals surface area contributed by atoms with Crippen LogP contribution in [-0.4, -0.2) is 79.1 Å². The van der Waals surface area contributed by atoms with Crippen molar-refractivity contribution in [3.63, 3.8) is 0 Å². The molecule has 0 bridgehead atoms. The first-order valence-corrected chi connectivity index (χ1v) is 11.7. The normalized spacial score (nSPS) is 14.1. The molecule has 9 heteroatoms. The van der Waals surface area contributed by atoms with Crippen molar-refractivity contribution in [2.45, 2.75) is 13.3 Å². The van der Waals surface area contributed by atoms with Crippen LogP contribution in [0, 0.1) is 0 Å². The molecule has 3 aromatic rings. The van der Waals surface area contributed by atoms with Gasteiger partial charge in [-0.05, 0) is 30.2 Å². The molecule has 0 saturated carbocycles. The van der Waals surface area contributed by atoms with E-state index < -0.39 is 5.97 Å². The fourth-order valence-corrected chi connectivity index (χ4v) is 4.05. The number of aryl methyl sites for hydroxylation is 1. The van der Waals surface area contributed by atoms with Gasteiger partial charge in [0.25, 0.3) is 0 Å². The smallest absolute Gasteiger partial charge is 0.343 e. The van der Waals surface area contributed by atoms with Crippen LogP contribution in [0.15, 0.2) is 48.5 Å². The second kappa shape index (κ2) is 11.8. The lowest BCUT2D eigenvalue weighted by atomic mass is 10.0. The van der Waals surface area contributed by atoms with Gasteiger partial charge in [0, 0.05) is 32.3 Å². The third-order valence-electron chi connectivity index (χ3n) is 5.86. The van der Waals surface area contributed by atoms with E-state index in [-0.39, 0.29) is 18.2 Å². The predicted molar refractivity (Wildman–Crippen MR) is 131 cm³/mol. The van der Waals surface area contributed by atoms with Gasteiger partial charge in [-0.3, -0.25) is 4.90 Å². The molecule has 1 saturated heterocycles. The summed E-state index contributed by atoms with van der Waals surface area (Å²) < 4.78 is 23.8. The molecule has 2 heterocycles. The third-order valence-corrected chi connectivity index (χ3v) is 5.86. The summed E-state index contributed by atoms with van der Waals surface area (Å²) in [6, 6.07) is 15.4. The Morgan fingerprint density at radius 2 is 1.83 bits per heavy atom. The van der Waals surface area contributed by atoms with E-state index in [0.717, 1.165) is 30.0 Å². The van der Waals surface area contributed by atoms with Gasteiger partial charge in [-0.25, -0.2) is 9.48 Å². The first kappa shape index (κ1) is 24.7. The van der Waals surface area contributed by atoms with Crippen molar-refractivity contribution in [1.29, 1.82) is 0 Å². The molecule has 1 aliphatic heterocycles. The highest BCUT2D eigenvalue weighted by Gasteiger charge is 2.25. The van der Waals surface area contributed by atoms with E-state index in [0.29, 0.717) is 44.2 Å². The van der Waals surface area contributed by atoms with Crippen molar-refractivity contribution in [3.05, 3.63) is 59.8 Å². The minimum atomic E-state index is -1.05. The molecule has 4 rings (SSSR count). The van der Waals surface area contributed by atoms with Crippen LogP contribution in [0.4, 0.5) is 0 Å². The van der Waals surface area contributed by atoms with Gasteiger partial charge in [0.2, 0.25) is 5.88 Å². The number of hydrogen-bond acceptors (Lipinski definition) is 7. The minimum Gasteiger partial charge on any atom is -0.477 e. The maximum absolute atomic E-state index is 12.1. The maximum atomic E-state index is 12.1. The molecule has 186 valence electrons. The molecule has 2 aromatic carbocycles. The van der Waals surface area contributed by atoms with Crippen LogP contribution in [0.3, 0.4) is 0 Å². The lowest BCUT2D eigenvalue weighted by Crippen LogP contribution is -2.38. The van der Waals surface area contributed by atoms with Crippen molar-refractivity contribution in [3.8, 4) is 28.4 Å². The summed E-state index contributed by atoms with van der Waals surface area (Å²) in [5.41, 5.74) is 3.20. The van der Waals surface area contributed by atoms with Crippen LogP contribution in [0.5, 0.6) is 11.6 Å². The molecule has 1 aliphatic rings. The Bertz CT molecular complexity index is 1120. The SMILES string of the molecule is CCc1nn(-c2ccc(-c3ccccc3OCOC)cc2)c(OCCN2CCOCC2)c1C(=O)O. The van der Waals surface area contributed by atoms with Crippen molar-refractivity contribution < 1.29 is 28.8 Å². The zero-order valence-corrected chi connectivity index (χ0v) is 20.1. The van der Waals surface area contributed by atoms with Crippen LogP contribution < -0.4 is 9.47 Å². The Morgan fingerprint density at radius 1 is 1.09 bits per heavy atom. The summed E-state index contributed by atoms with van der Waals surface area (Å²) in [7, 11) is 1.58. The molecule has 0 atom stereocenters. The molecule has 0 radical (unpaired) electrons. The van der Waals surface area contributed by atoms with Crippen LogP contribution in [-0.2, 0) is 15.9 Å². The Labute approximate surface area is 204 Å². The molecule has 0 aliphatic carbocycles. The van der Waals surface area contributed by atoms with Crippen molar-refractivity contribution in [2.24, 2.45) is 0 Å². The van der Waals surface area contributed by atoms with Gasteiger partial charge in [-0.2, -0.15) is 5.10 Å². The van der Waals surface area contributed by atoms with E-state index in [2.05, 4.69) is 10.00 Å². The average molecular weight is 482 g/mol. The van der Waals surface area contributed by atoms with Gasteiger partial charge in [0.05, 0.1) is 24.6 Å². The highest BCUT2D eigenvalue weighted by Crippen LogP contribution is 2.32. The number of ether oxygens (including phenoxy) is 4. The van der Waals surface area contributed by atoms with Crippen molar-refractivity contribution >= 4 is 5.97 Å². The number of carboxylic acid groups (broad SMARTS) is 1. The van der Waals surface area contributed by atoms with E-state index in [1.54, 1.807) is 11.8 Å². The topological polar surface area (TPSA) is 95.3 Å². The van der Waals surface area contributed by atoms with E-state index in [9.17, 15) is 9.90 Å². The van der Waals surface area contributed by atoms with Crippen molar-refractivity contribution in [2.75, 3.05) is 53.4 Å². The Kier molecular flexibility index (Phi) is 8.36. The molecule has 0 unspecified atom stereocenters. The summed E-state index contributed by atoms with van der Waals surface area (Å²) in [5.74, 6) is -0.0794. The van der Waals surface area contributed by atoms with Crippen LogP contribution in [0.1, 0.15) is 23.0 Å². The number of methoxy groups -OCH3 is 1. The van der Waals surface area contributed by atoms with Gasteiger partial charge >= 0.3 is 5.97 Å². The summed E-state index contributed by atoms with van der Waals surface area (Å²) in [4.78, 5) is 14.3.